The first-order chi connectivity index (χ1) is 6.00. The Morgan fingerprint density at radius 1 is 0.800 bits per heavy atom. The van der Waals surface area contributed by atoms with Crippen LogP contribution in [0.2, 0.25) is 0 Å². The molecule has 15 heavy (non-hydrogen) atoms. The van der Waals surface area contributed by atoms with E-state index >= 15 is 0 Å². The minimum Gasteiger partial charge on any atom is -0.273 e. The second-order valence-corrected chi connectivity index (χ2v) is 2.01. The van der Waals surface area contributed by atoms with E-state index in [4.69, 9.17) is 0 Å². The second kappa shape index (κ2) is 24.1. The molecule has 0 N–H and O–H groups in total. The molecule has 82 valence electrons. The Balaban J connectivity index is -0.0000000592. The summed E-state index contributed by atoms with van der Waals surface area (Å²) >= 11 is 0. The van der Waals surface area contributed by atoms with E-state index in [1.165, 1.54) is 0 Å². The van der Waals surface area contributed by atoms with Crippen LogP contribution in [0.1, 0.15) is 12.8 Å². The van der Waals surface area contributed by atoms with E-state index in [1.54, 1.807) is 0 Å². The zero-order valence-electron chi connectivity index (χ0n) is 8.61. The number of rotatable bonds is 0. The molecule has 0 atom stereocenters. The van der Waals surface area contributed by atoms with Crippen LogP contribution in [0.25, 0.3) is 0 Å². The minimum atomic E-state index is 0. The number of hydrogen-bond acceptors (Lipinski definition) is 0. The molecule has 0 amide bonds. The third-order valence-electron chi connectivity index (χ3n) is 1.17. The molecule has 0 unspecified atom stereocenters. The van der Waals surface area contributed by atoms with E-state index in [0.717, 1.165) is 12.8 Å². The molecular weight excluding hydrogens is 295 g/mol. The topological polar surface area (TPSA) is 0 Å². The predicted molar refractivity (Wildman–Crippen MR) is 74.7 cm³/mol. The molecule has 2 aliphatic rings. The number of hydrogen-bond donors (Lipinski definition) is 0. The number of halogens is 2. The Kier molecular flexibility index (Phi) is 39.8. The molecule has 0 aromatic heterocycles. The molecule has 0 spiro atoms. The SMILES string of the molecule is Cl.Cl.[C-]1=CC=CC1.[C-]1=CC=CC1.[SiH2][SiH2].[Ti+2]. The molecule has 0 aromatic carbocycles. The smallest absolute Gasteiger partial charge is 0.273 e. The van der Waals surface area contributed by atoms with Crippen molar-refractivity contribution < 1.29 is 21.7 Å². The minimum absolute atomic E-state index is 0. The van der Waals surface area contributed by atoms with Gasteiger partial charge in [0.1, 0.15) is 0 Å². The van der Waals surface area contributed by atoms with Gasteiger partial charge in [-0.2, -0.15) is 12.2 Å². The van der Waals surface area contributed by atoms with Gasteiger partial charge in [-0.1, -0.05) is 0 Å². The van der Waals surface area contributed by atoms with Crippen molar-refractivity contribution in [2.45, 2.75) is 12.8 Å². The standard InChI is InChI=1S/2C5H5.2ClH.H4Si2.Ti/c2*1-2-4-5-3-1;;;1-2;/h2*1-3H,4H2;2*1H;1-2H2;/q2*-1;;;;+2. The van der Waals surface area contributed by atoms with Crippen LogP contribution in [0.15, 0.2) is 36.5 Å². The first-order valence-corrected chi connectivity index (χ1v) is 7.93. The zero-order chi connectivity index (χ0) is 9.07. The Bertz CT molecular complexity index is 160. The van der Waals surface area contributed by atoms with E-state index in [2.05, 4.69) is 24.3 Å². The molecule has 0 fully saturated rings. The van der Waals surface area contributed by atoms with Crippen LogP contribution in [-0.2, 0) is 21.7 Å². The molecule has 2 aliphatic carbocycles. The fourth-order valence-corrected chi connectivity index (χ4v) is 0.680. The van der Waals surface area contributed by atoms with Crippen LogP contribution in [0.5, 0.6) is 0 Å². The molecule has 0 nitrogen and oxygen atoms in total. The van der Waals surface area contributed by atoms with Crippen LogP contribution in [0.3, 0.4) is 0 Å². The quantitative estimate of drug-likeness (QED) is 0.471. The summed E-state index contributed by atoms with van der Waals surface area (Å²) in [6.45, 7) is 0. The van der Waals surface area contributed by atoms with Crippen molar-refractivity contribution in [1.82, 2.24) is 0 Å². The van der Waals surface area contributed by atoms with Crippen LogP contribution in [0.4, 0.5) is 0 Å². The van der Waals surface area contributed by atoms with Gasteiger partial charge in [0.2, 0.25) is 0 Å². The molecule has 0 aliphatic heterocycles. The molecule has 0 bridgehead atoms. The van der Waals surface area contributed by atoms with Crippen molar-refractivity contribution in [2.24, 2.45) is 0 Å². The maximum atomic E-state index is 2.99. The largest absolute Gasteiger partial charge is 2.00 e. The van der Waals surface area contributed by atoms with Crippen LogP contribution >= 0.6 is 24.8 Å². The van der Waals surface area contributed by atoms with Crippen LogP contribution < -0.4 is 0 Å². The van der Waals surface area contributed by atoms with Crippen molar-refractivity contribution in [3.63, 3.8) is 0 Å². The average molecular weight is 311 g/mol. The number of allylic oxidation sites excluding steroid dienone is 8. The van der Waals surface area contributed by atoms with Gasteiger partial charge in [0.05, 0.1) is 0 Å². The van der Waals surface area contributed by atoms with Gasteiger partial charge in [0.15, 0.2) is 0 Å². The monoisotopic (exact) mass is 310 g/mol. The van der Waals surface area contributed by atoms with Crippen LogP contribution in [0, 0.1) is 12.2 Å². The van der Waals surface area contributed by atoms with Gasteiger partial charge < -0.3 is 0 Å². The van der Waals surface area contributed by atoms with Crippen molar-refractivity contribution in [3.8, 4) is 0 Å². The Morgan fingerprint density at radius 2 is 1.13 bits per heavy atom. The van der Waals surface area contributed by atoms with Crippen molar-refractivity contribution in [3.05, 3.63) is 48.6 Å². The van der Waals surface area contributed by atoms with Gasteiger partial charge in [-0.25, -0.2) is 24.3 Å². The summed E-state index contributed by atoms with van der Waals surface area (Å²) in [4.78, 5) is 0. The van der Waals surface area contributed by atoms with Crippen molar-refractivity contribution in [2.75, 3.05) is 0 Å². The molecular formula is C10H16Cl2Si2Ti. The van der Waals surface area contributed by atoms with Crippen LogP contribution in [-0.4, -0.2) is 19.5 Å². The van der Waals surface area contributed by atoms with Gasteiger partial charge >= 0.3 is 21.7 Å². The maximum Gasteiger partial charge on any atom is 2.00 e. The van der Waals surface area contributed by atoms with E-state index in [1.807, 2.05) is 43.8 Å². The van der Waals surface area contributed by atoms with Crippen molar-refractivity contribution >= 4 is 44.3 Å². The van der Waals surface area contributed by atoms with Gasteiger partial charge in [-0.3, -0.25) is 12.2 Å². The average Bonchev–Trinajstić information content (AvgIpc) is 2.87. The van der Waals surface area contributed by atoms with Gasteiger partial charge in [-0.15, -0.1) is 37.7 Å². The fourth-order valence-electron chi connectivity index (χ4n) is 0.680. The first-order valence-electron chi connectivity index (χ1n) is 3.93. The zero-order valence-corrected chi connectivity index (χ0v) is 14.6. The summed E-state index contributed by atoms with van der Waals surface area (Å²) in [7, 11) is 3.78. The molecule has 0 saturated heterocycles. The Hall–Kier alpha value is 0.688. The van der Waals surface area contributed by atoms with E-state index in [0.29, 0.717) is 0 Å². The summed E-state index contributed by atoms with van der Waals surface area (Å²) in [6.07, 6.45) is 20.0. The molecule has 0 heterocycles. The summed E-state index contributed by atoms with van der Waals surface area (Å²) in [5.41, 5.74) is 0. The first kappa shape index (κ1) is 24.8. The molecule has 0 aromatic rings. The summed E-state index contributed by atoms with van der Waals surface area (Å²) in [5, 5.41) is 0. The summed E-state index contributed by atoms with van der Waals surface area (Å²) in [6, 6.07) is 0. The third kappa shape index (κ3) is 20.7. The maximum absolute atomic E-state index is 2.99. The molecule has 0 saturated carbocycles. The summed E-state index contributed by atoms with van der Waals surface area (Å²) in [5.74, 6) is 0. The fraction of sp³-hybridized carbons (Fsp3) is 0.200. The third-order valence-corrected chi connectivity index (χ3v) is 1.17. The van der Waals surface area contributed by atoms with Gasteiger partial charge in [0.25, 0.3) is 0 Å². The van der Waals surface area contributed by atoms with E-state index in [-0.39, 0.29) is 46.5 Å². The Labute approximate surface area is 127 Å². The normalized spacial score (nSPS) is 12.1. The molecule has 2 radical (unpaired) electrons. The van der Waals surface area contributed by atoms with E-state index in [9.17, 15) is 0 Å². The second-order valence-electron chi connectivity index (χ2n) is 2.01. The molecule has 2 rings (SSSR count). The van der Waals surface area contributed by atoms with E-state index < -0.39 is 0 Å². The summed E-state index contributed by atoms with van der Waals surface area (Å²) < 4.78 is 0. The van der Waals surface area contributed by atoms with Gasteiger partial charge in [0, 0.05) is 0 Å². The molecule has 5 heteroatoms. The predicted octanol–water partition coefficient (Wildman–Crippen LogP) is 1.62. The Morgan fingerprint density at radius 3 is 1.20 bits per heavy atom. The van der Waals surface area contributed by atoms with Gasteiger partial charge in [-0.05, 0) is 19.5 Å². The van der Waals surface area contributed by atoms with Crippen molar-refractivity contribution in [1.29, 1.82) is 0 Å².